The van der Waals surface area contributed by atoms with Gasteiger partial charge in [-0.2, -0.15) is 0 Å². The number of thiazole rings is 1. The second kappa shape index (κ2) is 7.63. The Labute approximate surface area is 168 Å². The first kappa shape index (κ1) is 19.1. The quantitative estimate of drug-likeness (QED) is 0.618. The van der Waals surface area contributed by atoms with Crippen molar-refractivity contribution in [2.45, 2.75) is 19.9 Å². The number of nitrogens with zero attached hydrogens (tertiary/aromatic N) is 2. The largest absolute Gasteiger partial charge is 0.467 e. The molecule has 0 saturated heterocycles. The van der Waals surface area contributed by atoms with Crippen LogP contribution in [0.4, 0.5) is 4.39 Å². The number of ether oxygens (including phenoxy) is 1. The summed E-state index contributed by atoms with van der Waals surface area (Å²) in [7, 11) is 0. The van der Waals surface area contributed by atoms with Crippen LogP contribution in [0.15, 0.2) is 68.1 Å². The maximum absolute atomic E-state index is 14.1. The van der Waals surface area contributed by atoms with E-state index in [1.165, 1.54) is 23.0 Å². The third-order valence-electron chi connectivity index (χ3n) is 4.52. The van der Waals surface area contributed by atoms with Crippen molar-refractivity contribution < 1.29 is 18.3 Å². The minimum Gasteiger partial charge on any atom is -0.467 e. The average molecular weight is 412 g/mol. The van der Waals surface area contributed by atoms with Gasteiger partial charge in [-0.15, -0.1) is 0 Å². The van der Waals surface area contributed by atoms with Crippen LogP contribution in [0.1, 0.15) is 31.2 Å². The molecule has 1 aromatic carbocycles. The van der Waals surface area contributed by atoms with Gasteiger partial charge in [0.05, 0.1) is 28.7 Å². The van der Waals surface area contributed by atoms with Crippen molar-refractivity contribution >= 4 is 23.4 Å². The van der Waals surface area contributed by atoms with Crippen LogP contribution in [0.2, 0.25) is 0 Å². The number of aromatic nitrogens is 1. The number of rotatable bonds is 4. The summed E-state index contributed by atoms with van der Waals surface area (Å²) in [5.74, 6) is -0.566. The van der Waals surface area contributed by atoms with Crippen molar-refractivity contribution in [3.8, 4) is 0 Å². The number of carbonyl (C=O) groups excluding carboxylic acids is 1. The van der Waals surface area contributed by atoms with Gasteiger partial charge in [-0.05, 0) is 38.1 Å². The highest BCUT2D eigenvalue weighted by atomic mass is 32.1. The summed E-state index contributed by atoms with van der Waals surface area (Å²) in [4.78, 5) is 30.7. The van der Waals surface area contributed by atoms with Crippen LogP contribution in [0.25, 0.3) is 6.08 Å². The van der Waals surface area contributed by atoms with E-state index in [1.54, 1.807) is 44.2 Å². The maximum atomic E-state index is 14.1. The van der Waals surface area contributed by atoms with Gasteiger partial charge in [-0.25, -0.2) is 14.2 Å². The number of carbonyl (C=O) groups is 1. The zero-order chi connectivity index (χ0) is 20.5. The van der Waals surface area contributed by atoms with E-state index in [0.29, 0.717) is 26.4 Å². The first-order chi connectivity index (χ1) is 14.0. The fraction of sp³-hybridized carbons (Fsp3) is 0.190. The monoisotopic (exact) mass is 412 g/mol. The molecule has 0 fully saturated rings. The number of hydrogen-bond donors (Lipinski definition) is 0. The maximum Gasteiger partial charge on any atom is 0.338 e. The number of benzene rings is 1. The first-order valence-corrected chi connectivity index (χ1v) is 9.80. The molecule has 1 atom stereocenters. The molecule has 0 amide bonds. The molecule has 1 unspecified atom stereocenters. The molecule has 8 heteroatoms. The van der Waals surface area contributed by atoms with E-state index < -0.39 is 17.8 Å². The summed E-state index contributed by atoms with van der Waals surface area (Å²) in [6.45, 7) is 3.59. The second-order valence-corrected chi connectivity index (χ2v) is 7.35. The van der Waals surface area contributed by atoms with Gasteiger partial charge in [0, 0.05) is 5.56 Å². The van der Waals surface area contributed by atoms with E-state index >= 15 is 0 Å². The van der Waals surface area contributed by atoms with Gasteiger partial charge in [0.2, 0.25) is 0 Å². The normalized spacial score (nSPS) is 16.5. The molecule has 0 spiro atoms. The predicted octanol–water partition coefficient (Wildman–Crippen LogP) is 2.53. The van der Waals surface area contributed by atoms with Crippen molar-refractivity contribution in [2.24, 2.45) is 4.99 Å². The first-order valence-electron chi connectivity index (χ1n) is 8.99. The average Bonchev–Trinajstić information content (AvgIpc) is 3.32. The molecule has 3 aromatic rings. The molecular weight excluding hydrogens is 395 g/mol. The summed E-state index contributed by atoms with van der Waals surface area (Å²) >= 11 is 1.13. The minimum absolute atomic E-state index is 0.193. The van der Waals surface area contributed by atoms with E-state index in [2.05, 4.69) is 4.99 Å². The molecule has 0 bridgehead atoms. The fourth-order valence-corrected chi connectivity index (χ4v) is 4.28. The summed E-state index contributed by atoms with van der Waals surface area (Å²) in [6, 6.07) is 8.77. The van der Waals surface area contributed by atoms with Gasteiger partial charge >= 0.3 is 5.97 Å². The van der Waals surface area contributed by atoms with Gasteiger partial charge in [0.1, 0.15) is 17.6 Å². The Bertz CT molecular complexity index is 1280. The van der Waals surface area contributed by atoms with Crippen molar-refractivity contribution in [1.82, 2.24) is 4.57 Å². The van der Waals surface area contributed by atoms with Crippen LogP contribution >= 0.6 is 11.3 Å². The Morgan fingerprint density at radius 2 is 2.14 bits per heavy atom. The standard InChI is InChI=1S/C21H17FN2O4S/c1-3-27-20(26)17-12(2)23-21-24(18(17)15-9-6-10-28-15)19(25)16(29-21)11-13-7-4-5-8-14(13)22/h4-11,18H,3H2,1-2H3. The number of hydrogen-bond acceptors (Lipinski definition) is 6. The summed E-state index contributed by atoms with van der Waals surface area (Å²) < 4.78 is 26.5. The highest BCUT2D eigenvalue weighted by Crippen LogP contribution is 2.30. The zero-order valence-corrected chi connectivity index (χ0v) is 16.5. The minimum atomic E-state index is -0.803. The highest BCUT2D eigenvalue weighted by molar-refractivity contribution is 7.07. The van der Waals surface area contributed by atoms with E-state index in [9.17, 15) is 14.0 Å². The Balaban J connectivity index is 1.96. The van der Waals surface area contributed by atoms with Crippen LogP contribution in [0.3, 0.4) is 0 Å². The van der Waals surface area contributed by atoms with Gasteiger partial charge in [0.15, 0.2) is 4.80 Å². The van der Waals surface area contributed by atoms with Gasteiger partial charge in [-0.1, -0.05) is 29.5 Å². The van der Waals surface area contributed by atoms with E-state index in [4.69, 9.17) is 9.15 Å². The van der Waals surface area contributed by atoms with Crippen LogP contribution < -0.4 is 14.9 Å². The molecule has 0 aliphatic carbocycles. The fourth-order valence-electron chi connectivity index (χ4n) is 3.24. The molecule has 2 aromatic heterocycles. The molecule has 29 heavy (non-hydrogen) atoms. The lowest BCUT2D eigenvalue weighted by Gasteiger charge is -2.22. The third-order valence-corrected chi connectivity index (χ3v) is 5.50. The number of fused-ring (bicyclic) bond motifs is 1. The Hall–Kier alpha value is -3.26. The molecule has 3 heterocycles. The number of esters is 1. The highest BCUT2D eigenvalue weighted by Gasteiger charge is 2.35. The zero-order valence-electron chi connectivity index (χ0n) is 15.7. The summed E-state index contributed by atoms with van der Waals surface area (Å²) in [5, 5.41) is 0. The van der Waals surface area contributed by atoms with Crippen LogP contribution in [-0.4, -0.2) is 17.1 Å². The summed E-state index contributed by atoms with van der Waals surface area (Å²) in [6.07, 6.45) is 2.96. The molecule has 1 aliphatic heterocycles. The van der Waals surface area contributed by atoms with Crippen molar-refractivity contribution in [3.05, 3.63) is 90.8 Å². The van der Waals surface area contributed by atoms with Crippen LogP contribution in [0.5, 0.6) is 0 Å². The molecule has 4 rings (SSSR count). The lowest BCUT2D eigenvalue weighted by molar-refractivity contribution is -0.139. The van der Waals surface area contributed by atoms with Gasteiger partial charge in [-0.3, -0.25) is 9.36 Å². The van der Waals surface area contributed by atoms with Gasteiger partial charge < -0.3 is 9.15 Å². The predicted molar refractivity (Wildman–Crippen MR) is 106 cm³/mol. The number of halogens is 1. The molecule has 148 valence electrons. The molecular formula is C21H17FN2O4S. The molecule has 1 aliphatic rings. The van der Waals surface area contributed by atoms with E-state index in [-0.39, 0.29) is 17.7 Å². The van der Waals surface area contributed by atoms with Crippen LogP contribution in [0, 0.1) is 5.82 Å². The topological polar surface area (TPSA) is 73.8 Å². The van der Waals surface area contributed by atoms with Crippen molar-refractivity contribution in [1.29, 1.82) is 0 Å². The van der Waals surface area contributed by atoms with Crippen LogP contribution in [-0.2, 0) is 9.53 Å². The lowest BCUT2D eigenvalue weighted by atomic mass is 10.0. The molecule has 0 saturated carbocycles. The number of allylic oxidation sites excluding steroid dienone is 1. The van der Waals surface area contributed by atoms with E-state index in [0.717, 1.165) is 11.3 Å². The van der Waals surface area contributed by atoms with Crippen molar-refractivity contribution in [2.75, 3.05) is 6.61 Å². The third kappa shape index (κ3) is 3.36. The smallest absolute Gasteiger partial charge is 0.338 e. The molecule has 0 radical (unpaired) electrons. The molecule has 0 N–H and O–H groups in total. The summed E-state index contributed by atoms with van der Waals surface area (Å²) in [5.41, 5.74) is 0.608. The second-order valence-electron chi connectivity index (χ2n) is 6.34. The Morgan fingerprint density at radius 3 is 2.83 bits per heavy atom. The SMILES string of the molecule is CCOC(=O)C1=C(C)N=c2sc(=Cc3ccccc3F)c(=O)n2C1c1ccco1. The number of furan rings is 1. The lowest BCUT2D eigenvalue weighted by Crippen LogP contribution is -2.39. The van der Waals surface area contributed by atoms with E-state index in [1.807, 2.05) is 0 Å². The van der Waals surface area contributed by atoms with Crippen molar-refractivity contribution in [3.63, 3.8) is 0 Å². The van der Waals surface area contributed by atoms with Gasteiger partial charge in [0.25, 0.3) is 5.56 Å². The molecule has 6 nitrogen and oxygen atoms in total. The Kier molecular flexibility index (Phi) is 5.02. The Morgan fingerprint density at radius 1 is 1.34 bits per heavy atom.